The molecule has 1 aromatic carbocycles. The summed E-state index contributed by atoms with van der Waals surface area (Å²) < 4.78 is 0. The minimum absolute atomic E-state index is 0.0133. The topological polar surface area (TPSA) is 41.1 Å². The first-order chi connectivity index (χ1) is 9.72. The van der Waals surface area contributed by atoms with Crippen molar-refractivity contribution in [2.75, 3.05) is 11.9 Å². The Morgan fingerprint density at radius 1 is 1.30 bits per heavy atom. The molecule has 0 radical (unpaired) electrons. The van der Waals surface area contributed by atoms with Crippen LogP contribution in [0.3, 0.4) is 0 Å². The maximum absolute atomic E-state index is 12.3. The van der Waals surface area contributed by atoms with E-state index in [9.17, 15) is 4.79 Å². The largest absolute Gasteiger partial charge is 0.387 e. The molecule has 1 aromatic rings. The number of anilines is 1. The molecule has 0 spiro atoms. The second-order valence-electron chi connectivity index (χ2n) is 5.29. The number of piperidine rings is 1. The average molecular weight is 289 g/mol. The fourth-order valence-electron chi connectivity index (χ4n) is 2.75. The molecule has 1 saturated heterocycles. The van der Waals surface area contributed by atoms with Crippen LogP contribution in [0.5, 0.6) is 0 Å². The molecular weight excluding hydrogens is 272 g/mol. The maximum atomic E-state index is 12.3. The van der Waals surface area contributed by atoms with Crippen molar-refractivity contribution in [2.24, 2.45) is 11.8 Å². The van der Waals surface area contributed by atoms with E-state index in [1.54, 1.807) is 12.1 Å². The van der Waals surface area contributed by atoms with Crippen LogP contribution >= 0.6 is 11.6 Å². The second kappa shape index (κ2) is 5.71. The molecule has 3 rings (SSSR count). The number of benzene rings is 1. The summed E-state index contributed by atoms with van der Waals surface area (Å²) in [6, 6.07) is 7.21. The summed E-state index contributed by atoms with van der Waals surface area (Å²) in [6.45, 7) is 0.704. The summed E-state index contributed by atoms with van der Waals surface area (Å²) in [5.41, 5.74) is 2.06. The molecule has 1 heterocycles. The molecule has 2 N–H and O–H groups in total. The van der Waals surface area contributed by atoms with E-state index >= 15 is 0 Å². The van der Waals surface area contributed by atoms with Crippen molar-refractivity contribution in [2.45, 2.75) is 12.8 Å². The molecule has 2 aliphatic rings. The molecular formula is C16H17ClN2O. The smallest absolute Gasteiger partial charge is 0.229 e. The third-order valence-electron chi connectivity index (χ3n) is 3.88. The maximum Gasteiger partial charge on any atom is 0.229 e. The van der Waals surface area contributed by atoms with Crippen molar-refractivity contribution >= 4 is 23.2 Å². The van der Waals surface area contributed by atoms with Gasteiger partial charge in [-0.15, -0.1) is 0 Å². The van der Waals surface area contributed by atoms with E-state index in [2.05, 4.69) is 28.9 Å². The van der Waals surface area contributed by atoms with Crippen LogP contribution in [-0.4, -0.2) is 12.5 Å². The molecule has 1 fully saturated rings. The summed E-state index contributed by atoms with van der Waals surface area (Å²) in [7, 11) is 0. The van der Waals surface area contributed by atoms with E-state index < -0.39 is 0 Å². The van der Waals surface area contributed by atoms with Crippen LogP contribution in [0.2, 0.25) is 5.02 Å². The van der Waals surface area contributed by atoms with Crippen LogP contribution in [-0.2, 0) is 4.79 Å². The van der Waals surface area contributed by atoms with Gasteiger partial charge in [-0.2, -0.15) is 0 Å². The minimum Gasteiger partial charge on any atom is -0.387 e. The van der Waals surface area contributed by atoms with Gasteiger partial charge < -0.3 is 10.6 Å². The van der Waals surface area contributed by atoms with E-state index in [-0.39, 0.29) is 11.8 Å². The normalized spacial score (nSPS) is 24.4. The number of allylic oxidation sites excluding steroid dienone is 4. The lowest BCUT2D eigenvalue weighted by molar-refractivity contribution is -0.120. The monoisotopic (exact) mass is 288 g/mol. The molecule has 0 bridgehead atoms. The van der Waals surface area contributed by atoms with Crippen molar-refractivity contribution in [1.82, 2.24) is 5.32 Å². The summed E-state index contributed by atoms with van der Waals surface area (Å²) in [5.74, 6) is 0.544. The number of carbonyl (C=O) groups is 1. The van der Waals surface area contributed by atoms with Crippen molar-refractivity contribution < 1.29 is 4.79 Å². The van der Waals surface area contributed by atoms with Crippen LogP contribution in [0.25, 0.3) is 0 Å². The third-order valence-corrected chi connectivity index (χ3v) is 4.13. The zero-order valence-electron chi connectivity index (χ0n) is 11.1. The molecule has 2 atom stereocenters. The number of rotatable bonds is 2. The van der Waals surface area contributed by atoms with Crippen LogP contribution < -0.4 is 10.6 Å². The van der Waals surface area contributed by atoms with Gasteiger partial charge in [-0.25, -0.2) is 0 Å². The van der Waals surface area contributed by atoms with Gasteiger partial charge in [-0.05, 0) is 43.2 Å². The van der Waals surface area contributed by atoms with E-state index in [0.29, 0.717) is 17.5 Å². The minimum atomic E-state index is 0.0133. The Morgan fingerprint density at radius 3 is 2.90 bits per heavy atom. The number of halogens is 1. The summed E-state index contributed by atoms with van der Waals surface area (Å²) >= 11 is 5.84. The van der Waals surface area contributed by atoms with Gasteiger partial charge in [0.1, 0.15) is 0 Å². The Balaban J connectivity index is 1.62. The molecule has 1 aliphatic carbocycles. The second-order valence-corrected chi connectivity index (χ2v) is 5.73. The predicted octanol–water partition coefficient (Wildman–Crippen LogP) is 3.35. The fraction of sp³-hybridized carbons (Fsp3) is 0.312. The van der Waals surface area contributed by atoms with Gasteiger partial charge >= 0.3 is 0 Å². The SMILES string of the molecule is O=C(Nc1ccc(Cl)cc1)C1CNC2=CC=CCC2C1. The summed E-state index contributed by atoms with van der Waals surface area (Å²) in [4.78, 5) is 12.3. The van der Waals surface area contributed by atoms with Gasteiger partial charge in [-0.1, -0.05) is 23.8 Å². The zero-order chi connectivity index (χ0) is 13.9. The van der Waals surface area contributed by atoms with Gasteiger partial charge in [0.2, 0.25) is 5.91 Å². The highest BCUT2D eigenvalue weighted by Gasteiger charge is 2.30. The third kappa shape index (κ3) is 2.88. The molecule has 0 aromatic heterocycles. The van der Waals surface area contributed by atoms with Gasteiger partial charge in [0.05, 0.1) is 5.92 Å². The van der Waals surface area contributed by atoms with E-state index in [1.165, 1.54) is 5.70 Å². The molecule has 104 valence electrons. The molecule has 0 saturated carbocycles. The quantitative estimate of drug-likeness (QED) is 0.876. The number of nitrogens with one attached hydrogen (secondary N) is 2. The van der Waals surface area contributed by atoms with Crippen molar-refractivity contribution in [3.05, 3.63) is 53.2 Å². The lowest BCUT2D eigenvalue weighted by atomic mass is 9.83. The van der Waals surface area contributed by atoms with Gasteiger partial charge in [0.25, 0.3) is 0 Å². The molecule has 1 aliphatic heterocycles. The molecule has 20 heavy (non-hydrogen) atoms. The van der Waals surface area contributed by atoms with Gasteiger partial charge in [0.15, 0.2) is 0 Å². The Hall–Kier alpha value is -1.74. The number of hydrogen-bond acceptors (Lipinski definition) is 2. The highest BCUT2D eigenvalue weighted by Crippen LogP contribution is 2.30. The van der Waals surface area contributed by atoms with E-state index in [0.717, 1.165) is 18.5 Å². The average Bonchev–Trinajstić information content (AvgIpc) is 2.49. The standard InChI is InChI=1S/C16H17ClN2O/c17-13-5-7-14(8-6-13)19-16(20)12-9-11-3-1-2-4-15(11)18-10-12/h1-2,4-8,11-12,18H,3,9-10H2,(H,19,20). The van der Waals surface area contributed by atoms with Gasteiger partial charge in [0, 0.05) is 28.9 Å². The zero-order valence-corrected chi connectivity index (χ0v) is 11.9. The van der Waals surface area contributed by atoms with Crippen LogP contribution in [0.4, 0.5) is 5.69 Å². The van der Waals surface area contributed by atoms with Gasteiger partial charge in [-0.3, -0.25) is 4.79 Å². The first-order valence-electron chi connectivity index (χ1n) is 6.89. The number of amides is 1. The Morgan fingerprint density at radius 2 is 2.10 bits per heavy atom. The fourth-order valence-corrected chi connectivity index (χ4v) is 2.88. The lowest BCUT2D eigenvalue weighted by Crippen LogP contribution is -2.40. The Bertz CT molecular complexity index is 562. The van der Waals surface area contributed by atoms with Crippen LogP contribution in [0, 0.1) is 11.8 Å². The van der Waals surface area contributed by atoms with E-state index in [4.69, 9.17) is 11.6 Å². The van der Waals surface area contributed by atoms with Crippen LogP contribution in [0.1, 0.15) is 12.8 Å². The van der Waals surface area contributed by atoms with E-state index in [1.807, 2.05) is 12.1 Å². The Kier molecular flexibility index (Phi) is 3.79. The predicted molar refractivity (Wildman–Crippen MR) is 81.5 cm³/mol. The lowest BCUT2D eigenvalue weighted by Gasteiger charge is -2.33. The molecule has 1 amide bonds. The van der Waals surface area contributed by atoms with Crippen molar-refractivity contribution in [3.63, 3.8) is 0 Å². The highest BCUT2D eigenvalue weighted by atomic mass is 35.5. The summed E-state index contributed by atoms with van der Waals surface area (Å²) in [5, 5.41) is 7.01. The molecule has 4 heteroatoms. The highest BCUT2D eigenvalue weighted by molar-refractivity contribution is 6.30. The number of hydrogen-bond donors (Lipinski definition) is 2. The number of carbonyl (C=O) groups excluding carboxylic acids is 1. The Labute approximate surface area is 123 Å². The molecule has 3 nitrogen and oxygen atoms in total. The van der Waals surface area contributed by atoms with Crippen molar-refractivity contribution in [3.8, 4) is 0 Å². The van der Waals surface area contributed by atoms with Crippen LogP contribution in [0.15, 0.2) is 48.2 Å². The number of fused-ring (bicyclic) bond motifs is 1. The first kappa shape index (κ1) is 13.3. The first-order valence-corrected chi connectivity index (χ1v) is 7.27. The van der Waals surface area contributed by atoms with Crippen molar-refractivity contribution in [1.29, 1.82) is 0 Å². The summed E-state index contributed by atoms with van der Waals surface area (Å²) in [6.07, 6.45) is 8.27. The molecule has 2 unspecified atom stereocenters.